The summed E-state index contributed by atoms with van der Waals surface area (Å²) < 4.78 is 0. The summed E-state index contributed by atoms with van der Waals surface area (Å²) in [6, 6.07) is 34.3. The van der Waals surface area contributed by atoms with Gasteiger partial charge in [0.1, 0.15) is 0 Å². The Balaban J connectivity index is 1.69. The average molecular weight is 441 g/mol. The molecule has 4 nitrogen and oxygen atoms in total. The number of carbonyl (C=O) groups is 2. The van der Waals surface area contributed by atoms with E-state index in [1.807, 2.05) is 84.9 Å². The monoisotopic (exact) mass is 440 g/mol. The fourth-order valence-electron chi connectivity index (χ4n) is 4.63. The van der Waals surface area contributed by atoms with Crippen molar-refractivity contribution in [2.75, 3.05) is 10.6 Å². The predicted molar refractivity (Wildman–Crippen MR) is 137 cm³/mol. The van der Waals surface area contributed by atoms with Crippen LogP contribution < -0.4 is 10.6 Å². The SMILES string of the molecule is O=C1c2ccccc2C(=O)c2c1c(Nc1ccccc1)c1ccccc1c2Nc1ccccc1. The molecule has 1 aliphatic carbocycles. The Morgan fingerprint density at radius 3 is 1.18 bits per heavy atom. The van der Waals surface area contributed by atoms with Crippen LogP contribution in [0, 0.1) is 0 Å². The third kappa shape index (κ3) is 3.16. The molecule has 4 heteroatoms. The summed E-state index contributed by atoms with van der Waals surface area (Å²) in [6.07, 6.45) is 0. The van der Waals surface area contributed by atoms with Gasteiger partial charge in [0, 0.05) is 33.3 Å². The molecular formula is C30H20N2O2. The lowest BCUT2D eigenvalue weighted by molar-refractivity contribution is 0.0980. The average Bonchev–Trinajstić information content (AvgIpc) is 2.89. The lowest BCUT2D eigenvalue weighted by atomic mass is 9.80. The van der Waals surface area contributed by atoms with Crippen LogP contribution in [0.25, 0.3) is 10.8 Å². The Kier molecular flexibility index (Phi) is 4.70. The Bertz CT molecular complexity index is 1460. The highest BCUT2D eigenvalue weighted by Crippen LogP contribution is 2.44. The van der Waals surface area contributed by atoms with Crippen molar-refractivity contribution < 1.29 is 9.59 Å². The molecule has 0 saturated heterocycles. The Hall–Kier alpha value is -4.70. The summed E-state index contributed by atoms with van der Waals surface area (Å²) >= 11 is 0. The highest BCUT2D eigenvalue weighted by molar-refractivity contribution is 6.35. The van der Waals surface area contributed by atoms with E-state index in [0.717, 1.165) is 22.1 Å². The van der Waals surface area contributed by atoms with Crippen LogP contribution in [-0.4, -0.2) is 11.6 Å². The number of hydrogen-bond donors (Lipinski definition) is 2. The fraction of sp³-hybridized carbons (Fsp3) is 0. The molecule has 0 atom stereocenters. The first-order valence-corrected chi connectivity index (χ1v) is 11.1. The molecule has 0 aliphatic heterocycles. The number of para-hydroxylation sites is 2. The lowest BCUT2D eigenvalue weighted by Crippen LogP contribution is -2.24. The van der Waals surface area contributed by atoms with Gasteiger partial charge >= 0.3 is 0 Å². The largest absolute Gasteiger partial charge is 0.354 e. The molecule has 5 aromatic carbocycles. The third-order valence-electron chi connectivity index (χ3n) is 6.17. The van der Waals surface area contributed by atoms with Gasteiger partial charge in [0.2, 0.25) is 0 Å². The van der Waals surface area contributed by atoms with Gasteiger partial charge in [-0.1, -0.05) is 84.9 Å². The van der Waals surface area contributed by atoms with E-state index in [1.54, 1.807) is 24.3 Å². The minimum absolute atomic E-state index is 0.162. The minimum atomic E-state index is -0.162. The van der Waals surface area contributed by atoms with Crippen molar-refractivity contribution in [1.29, 1.82) is 0 Å². The van der Waals surface area contributed by atoms with Crippen molar-refractivity contribution >= 4 is 45.1 Å². The van der Waals surface area contributed by atoms with Crippen molar-refractivity contribution in [3.05, 3.63) is 131 Å². The first-order valence-electron chi connectivity index (χ1n) is 11.1. The standard InChI is InChI=1S/C30H20N2O2/c33-29-23-17-9-10-18-24(23)30(34)26-25(29)27(31-19-11-3-1-4-12-19)21-15-7-8-16-22(21)28(26)32-20-13-5-2-6-14-20/h1-18,31-32H. The molecule has 0 fully saturated rings. The first-order chi connectivity index (χ1) is 16.7. The molecule has 0 heterocycles. The fourth-order valence-corrected chi connectivity index (χ4v) is 4.63. The second-order valence-electron chi connectivity index (χ2n) is 8.23. The number of anilines is 4. The number of nitrogens with one attached hydrogen (secondary N) is 2. The summed E-state index contributed by atoms with van der Waals surface area (Å²) in [4.78, 5) is 27.8. The highest BCUT2D eigenvalue weighted by atomic mass is 16.1. The van der Waals surface area contributed by atoms with Crippen LogP contribution in [0.5, 0.6) is 0 Å². The molecule has 1 aliphatic rings. The van der Waals surface area contributed by atoms with Gasteiger partial charge in [-0.3, -0.25) is 9.59 Å². The van der Waals surface area contributed by atoms with Crippen LogP contribution >= 0.6 is 0 Å². The van der Waals surface area contributed by atoms with E-state index in [4.69, 9.17) is 0 Å². The van der Waals surface area contributed by atoms with Crippen molar-refractivity contribution in [3.63, 3.8) is 0 Å². The predicted octanol–water partition coefficient (Wildman–Crippen LogP) is 7.10. The van der Waals surface area contributed by atoms with Gasteiger partial charge < -0.3 is 10.6 Å². The lowest BCUT2D eigenvalue weighted by Gasteiger charge is -2.26. The second kappa shape index (κ2) is 8.01. The Labute approximate surface area is 196 Å². The molecule has 0 bridgehead atoms. The molecule has 5 aromatic rings. The van der Waals surface area contributed by atoms with Gasteiger partial charge in [0.25, 0.3) is 0 Å². The summed E-state index contributed by atoms with van der Waals surface area (Å²) in [5.74, 6) is -0.323. The van der Waals surface area contributed by atoms with E-state index in [2.05, 4.69) is 10.6 Å². The van der Waals surface area contributed by atoms with E-state index < -0.39 is 0 Å². The number of carbonyl (C=O) groups excluding carboxylic acids is 2. The zero-order valence-corrected chi connectivity index (χ0v) is 18.2. The summed E-state index contributed by atoms with van der Waals surface area (Å²) in [7, 11) is 0. The van der Waals surface area contributed by atoms with Gasteiger partial charge in [-0.15, -0.1) is 0 Å². The normalized spacial score (nSPS) is 12.2. The first kappa shape index (κ1) is 19.9. The third-order valence-corrected chi connectivity index (χ3v) is 6.17. The van der Waals surface area contributed by atoms with Crippen LogP contribution in [0.2, 0.25) is 0 Å². The van der Waals surface area contributed by atoms with Crippen LogP contribution in [0.3, 0.4) is 0 Å². The second-order valence-corrected chi connectivity index (χ2v) is 8.23. The quantitative estimate of drug-likeness (QED) is 0.287. The van der Waals surface area contributed by atoms with E-state index >= 15 is 0 Å². The minimum Gasteiger partial charge on any atom is -0.354 e. The van der Waals surface area contributed by atoms with Gasteiger partial charge in [0.05, 0.1) is 22.5 Å². The van der Waals surface area contributed by atoms with E-state index in [0.29, 0.717) is 33.6 Å². The van der Waals surface area contributed by atoms with Gasteiger partial charge in [-0.2, -0.15) is 0 Å². The maximum atomic E-state index is 13.9. The van der Waals surface area contributed by atoms with E-state index in [1.165, 1.54) is 0 Å². The number of fused-ring (bicyclic) bond motifs is 3. The van der Waals surface area contributed by atoms with Crippen molar-refractivity contribution in [2.45, 2.75) is 0 Å². The molecule has 6 rings (SSSR count). The molecule has 0 unspecified atom stereocenters. The smallest absolute Gasteiger partial charge is 0.196 e. The van der Waals surface area contributed by atoms with Gasteiger partial charge in [-0.25, -0.2) is 0 Å². The molecule has 0 aromatic heterocycles. The van der Waals surface area contributed by atoms with Gasteiger partial charge in [0.15, 0.2) is 11.6 Å². The number of benzene rings is 5. The van der Waals surface area contributed by atoms with Crippen LogP contribution in [0.1, 0.15) is 31.8 Å². The zero-order valence-electron chi connectivity index (χ0n) is 18.2. The van der Waals surface area contributed by atoms with E-state index in [9.17, 15) is 9.59 Å². The van der Waals surface area contributed by atoms with E-state index in [-0.39, 0.29) is 11.6 Å². The molecule has 0 amide bonds. The summed E-state index contributed by atoms with van der Waals surface area (Å²) in [5, 5.41) is 8.62. The molecule has 0 radical (unpaired) electrons. The maximum Gasteiger partial charge on any atom is 0.196 e. The highest BCUT2D eigenvalue weighted by Gasteiger charge is 2.35. The van der Waals surface area contributed by atoms with Crippen LogP contribution in [0.4, 0.5) is 22.7 Å². The Morgan fingerprint density at radius 1 is 0.412 bits per heavy atom. The van der Waals surface area contributed by atoms with Crippen molar-refractivity contribution in [2.24, 2.45) is 0 Å². The molecule has 162 valence electrons. The van der Waals surface area contributed by atoms with Crippen molar-refractivity contribution in [1.82, 2.24) is 0 Å². The number of hydrogen-bond acceptors (Lipinski definition) is 4. The summed E-state index contributed by atoms with van der Waals surface area (Å²) in [6.45, 7) is 0. The maximum absolute atomic E-state index is 13.9. The van der Waals surface area contributed by atoms with Crippen LogP contribution in [-0.2, 0) is 0 Å². The summed E-state index contributed by atoms with van der Waals surface area (Å²) in [5.41, 5.74) is 4.62. The number of rotatable bonds is 4. The molecule has 0 saturated carbocycles. The zero-order chi connectivity index (χ0) is 23.1. The van der Waals surface area contributed by atoms with Crippen LogP contribution in [0.15, 0.2) is 109 Å². The molecule has 2 N–H and O–H groups in total. The topological polar surface area (TPSA) is 58.2 Å². The Morgan fingerprint density at radius 2 is 0.765 bits per heavy atom. The number of ketones is 2. The molecule has 0 spiro atoms. The van der Waals surface area contributed by atoms with Crippen molar-refractivity contribution in [3.8, 4) is 0 Å². The molecular weight excluding hydrogens is 420 g/mol. The molecule has 34 heavy (non-hydrogen) atoms. The van der Waals surface area contributed by atoms with Gasteiger partial charge in [-0.05, 0) is 24.3 Å².